The Labute approximate surface area is 91.0 Å². The number of carbonyl (C=O) groups excluding carboxylic acids is 1. The largest absolute Gasteiger partial charge is 0.397 e. The summed E-state index contributed by atoms with van der Waals surface area (Å²) < 4.78 is 0.946. The van der Waals surface area contributed by atoms with Gasteiger partial charge in [-0.25, -0.2) is 0 Å². The third-order valence-corrected chi connectivity index (χ3v) is 2.85. The molecule has 0 aliphatic carbocycles. The number of nitrogens with two attached hydrogens (primary N) is 1. The number of nitrogen functional groups attached to an aromatic ring is 1. The molecule has 0 bridgehead atoms. The van der Waals surface area contributed by atoms with Gasteiger partial charge in [0.2, 0.25) is 5.91 Å². The van der Waals surface area contributed by atoms with Crippen molar-refractivity contribution in [1.82, 2.24) is 0 Å². The third-order valence-electron chi connectivity index (χ3n) is 2.36. The standard InChI is InChI=1S/C10H11BrN2O/c11-7-3-4-8(12)9(6-7)13-5-1-2-10(13)14/h3-4,6H,1-2,5,12H2. The highest BCUT2D eigenvalue weighted by molar-refractivity contribution is 9.10. The van der Waals surface area contributed by atoms with Gasteiger partial charge in [-0.2, -0.15) is 0 Å². The molecule has 0 spiro atoms. The number of benzene rings is 1. The average Bonchev–Trinajstić information content (AvgIpc) is 2.56. The molecular weight excluding hydrogens is 244 g/mol. The molecule has 0 atom stereocenters. The Morgan fingerprint density at radius 2 is 2.21 bits per heavy atom. The van der Waals surface area contributed by atoms with Gasteiger partial charge >= 0.3 is 0 Å². The van der Waals surface area contributed by atoms with Crippen LogP contribution in [-0.2, 0) is 4.79 Å². The van der Waals surface area contributed by atoms with E-state index < -0.39 is 0 Å². The van der Waals surface area contributed by atoms with E-state index in [-0.39, 0.29) is 5.91 Å². The Balaban J connectivity index is 2.39. The van der Waals surface area contributed by atoms with E-state index in [2.05, 4.69) is 15.9 Å². The Kier molecular flexibility index (Phi) is 2.46. The number of carbonyl (C=O) groups is 1. The second-order valence-electron chi connectivity index (χ2n) is 3.35. The van der Waals surface area contributed by atoms with Gasteiger partial charge in [-0.15, -0.1) is 0 Å². The lowest BCUT2D eigenvalue weighted by Crippen LogP contribution is -2.24. The van der Waals surface area contributed by atoms with Gasteiger partial charge in [-0.1, -0.05) is 15.9 Å². The lowest BCUT2D eigenvalue weighted by molar-refractivity contribution is -0.117. The van der Waals surface area contributed by atoms with Crippen molar-refractivity contribution in [3.8, 4) is 0 Å². The number of hydrogen-bond acceptors (Lipinski definition) is 2. The molecule has 2 N–H and O–H groups in total. The van der Waals surface area contributed by atoms with Crippen molar-refractivity contribution in [1.29, 1.82) is 0 Å². The second kappa shape index (κ2) is 3.61. The molecule has 1 amide bonds. The Morgan fingerprint density at radius 3 is 2.86 bits per heavy atom. The summed E-state index contributed by atoms with van der Waals surface area (Å²) in [6.45, 7) is 0.777. The Bertz CT molecular complexity index is 378. The van der Waals surface area contributed by atoms with Crippen molar-refractivity contribution in [3.63, 3.8) is 0 Å². The first-order chi connectivity index (χ1) is 6.68. The van der Waals surface area contributed by atoms with Gasteiger partial charge in [0, 0.05) is 17.4 Å². The van der Waals surface area contributed by atoms with Gasteiger partial charge < -0.3 is 10.6 Å². The topological polar surface area (TPSA) is 46.3 Å². The summed E-state index contributed by atoms with van der Waals surface area (Å²) in [7, 11) is 0. The molecule has 4 heteroatoms. The Hall–Kier alpha value is -1.03. The van der Waals surface area contributed by atoms with E-state index in [0.29, 0.717) is 12.1 Å². The molecule has 3 nitrogen and oxygen atoms in total. The highest BCUT2D eigenvalue weighted by Crippen LogP contribution is 2.30. The van der Waals surface area contributed by atoms with Crippen LogP contribution in [0.4, 0.5) is 11.4 Å². The van der Waals surface area contributed by atoms with Crippen LogP contribution in [0.1, 0.15) is 12.8 Å². The first kappa shape index (κ1) is 9.52. The molecule has 1 aromatic rings. The van der Waals surface area contributed by atoms with E-state index in [1.165, 1.54) is 0 Å². The fourth-order valence-electron chi connectivity index (χ4n) is 1.65. The minimum atomic E-state index is 0.162. The molecule has 0 aromatic heterocycles. The highest BCUT2D eigenvalue weighted by atomic mass is 79.9. The van der Waals surface area contributed by atoms with Gasteiger partial charge in [0.25, 0.3) is 0 Å². The number of anilines is 2. The van der Waals surface area contributed by atoms with Crippen LogP contribution < -0.4 is 10.6 Å². The van der Waals surface area contributed by atoms with Gasteiger partial charge in [-0.05, 0) is 24.6 Å². The van der Waals surface area contributed by atoms with Crippen LogP contribution in [0.3, 0.4) is 0 Å². The van der Waals surface area contributed by atoms with Crippen LogP contribution >= 0.6 is 15.9 Å². The molecule has 1 heterocycles. The molecule has 0 saturated carbocycles. The molecule has 1 aliphatic rings. The monoisotopic (exact) mass is 254 g/mol. The van der Waals surface area contributed by atoms with Crippen LogP contribution in [0.2, 0.25) is 0 Å². The van der Waals surface area contributed by atoms with Crippen molar-refractivity contribution < 1.29 is 4.79 Å². The second-order valence-corrected chi connectivity index (χ2v) is 4.27. The number of hydrogen-bond donors (Lipinski definition) is 1. The summed E-state index contributed by atoms with van der Waals surface area (Å²) in [6, 6.07) is 5.57. The highest BCUT2D eigenvalue weighted by Gasteiger charge is 2.23. The van der Waals surface area contributed by atoms with Crippen molar-refractivity contribution in [2.75, 3.05) is 17.2 Å². The molecule has 0 unspecified atom stereocenters. The molecule has 1 saturated heterocycles. The van der Waals surface area contributed by atoms with E-state index in [1.54, 1.807) is 4.90 Å². The molecule has 1 aromatic carbocycles. The third kappa shape index (κ3) is 1.62. The zero-order valence-corrected chi connectivity index (χ0v) is 9.25. The summed E-state index contributed by atoms with van der Waals surface area (Å²) in [5, 5.41) is 0. The SMILES string of the molecule is Nc1ccc(Br)cc1N1CCCC1=O. The van der Waals surface area contributed by atoms with Gasteiger partial charge in [0.1, 0.15) is 0 Å². The molecular formula is C10H11BrN2O. The predicted octanol–water partition coefficient (Wildman–Crippen LogP) is 2.16. The minimum absolute atomic E-state index is 0.162. The average molecular weight is 255 g/mol. The Morgan fingerprint density at radius 1 is 1.43 bits per heavy atom. The molecule has 14 heavy (non-hydrogen) atoms. The summed E-state index contributed by atoms with van der Waals surface area (Å²) >= 11 is 3.37. The van der Waals surface area contributed by atoms with E-state index >= 15 is 0 Å². The van der Waals surface area contributed by atoms with Crippen LogP contribution in [0, 0.1) is 0 Å². The fourth-order valence-corrected chi connectivity index (χ4v) is 2.00. The van der Waals surface area contributed by atoms with Crippen LogP contribution in [0.15, 0.2) is 22.7 Å². The summed E-state index contributed by atoms with van der Waals surface area (Å²) in [5.74, 6) is 0.162. The van der Waals surface area contributed by atoms with E-state index in [0.717, 1.165) is 23.1 Å². The number of amides is 1. The number of halogens is 1. The van der Waals surface area contributed by atoms with Gasteiger partial charge in [0.05, 0.1) is 11.4 Å². The maximum atomic E-state index is 11.5. The van der Waals surface area contributed by atoms with Crippen molar-refractivity contribution in [3.05, 3.63) is 22.7 Å². The van der Waals surface area contributed by atoms with Crippen molar-refractivity contribution in [2.24, 2.45) is 0 Å². The number of rotatable bonds is 1. The zero-order chi connectivity index (χ0) is 10.1. The molecule has 0 radical (unpaired) electrons. The van der Waals surface area contributed by atoms with Crippen molar-refractivity contribution in [2.45, 2.75) is 12.8 Å². The first-order valence-electron chi connectivity index (χ1n) is 4.54. The van der Waals surface area contributed by atoms with E-state index in [9.17, 15) is 4.79 Å². The van der Waals surface area contributed by atoms with Gasteiger partial charge in [0.15, 0.2) is 0 Å². The van der Waals surface area contributed by atoms with Crippen LogP contribution in [0.5, 0.6) is 0 Å². The zero-order valence-electron chi connectivity index (χ0n) is 7.66. The van der Waals surface area contributed by atoms with E-state index in [4.69, 9.17) is 5.73 Å². The number of nitrogens with zero attached hydrogens (tertiary/aromatic N) is 1. The van der Waals surface area contributed by atoms with Crippen LogP contribution in [0.25, 0.3) is 0 Å². The normalized spacial score (nSPS) is 16.4. The van der Waals surface area contributed by atoms with Crippen molar-refractivity contribution >= 4 is 33.2 Å². The van der Waals surface area contributed by atoms with Gasteiger partial charge in [-0.3, -0.25) is 4.79 Å². The maximum Gasteiger partial charge on any atom is 0.227 e. The molecule has 1 fully saturated rings. The van der Waals surface area contributed by atoms with E-state index in [1.807, 2.05) is 18.2 Å². The lowest BCUT2D eigenvalue weighted by atomic mass is 10.2. The summed E-state index contributed by atoms with van der Waals surface area (Å²) in [6.07, 6.45) is 1.55. The summed E-state index contributed by atoms with van der Waals surface area (Å²) in [5.41, 5.74) is 7.29. The minimum Gasteiger partial charge on any atom is -0.397 e. The first-order valence-corrected chi connectivity index (χ1v) is 5.33. The summed E-state index contributed by atoms with van der Waals surface area (Å²) in [4.78, 5) is 13.2. The smallest absolute Gasteiger partial charge is 0.227 e. The molecule has 2 rings (SSSR count). The van der Waals surface area contributed by atoms with Crippen LogP contribution in [-0.4, -0.2) is 12.5 Å². The lowest BCUT2D eigenvalue weighted by Gasteiger charge is -2.17. The maximum absolute atomic E-state index is 11.5. The quantitative estimate of drug-likeness (QED) is 0.781. The molecule has 74 valence electrons. The predicted molar refractivity (Wildman–Crippen MR) is 60.1 cm³/mol. The fraction of sp³-hybridized carbons (Fsp3) is 0.300. The molecule has 1 aliphatic heterocycles.